The average molecular weight is 288 g/mol. The largest absolute Gasteiger partial charge is 0.393 e. The van der Waals surface area contributed by atoms with E-state index in [0.717, 1.165) is 38.9 Å². The number of benzene rings is 1. The van der Waals surface area contributed by atoms with Crippen LogP contribution in [0.4, 0.5) is 0 Å². The molecule has 0 saturated carbocycles. The quantitative estimate of drug-likeness (QED) is 0.844. The number of imide groups is 1. The molecule has 21 heavy (non-hydrogen) atoms. The molecule has 2 heterocycles. The van der Waals surface area contributed by atoms with Gasteiger partial charge < -0.3 is 10.0 Å². The molecule has 5 heteroatoms. The summed E-state index contributed by atoms with van der Waals surface area (Å²) in [4.78, 5) is 28.0. The first-order chi connectivity index (χ1) is 10.2. The number of hydrogen-bond acceptors (Lipinski definition) is 4. The van der Waals surface area contributed by atoms with Gasteiger partial charge in [-0.1, -0.05) is 12.1 Å². The summed E-state index contributed by atoms with van der Waals surface area (Å²) in [6.45, 7) is 3.11. The molecule has 0 unspecified atom stereocenters. The van der Waals surface area contributed by atoms with Crippen molar-refractivity contribution in [2.75, 3.05) is 26.2 Å². The molecule has 0 atom stereocenters. The number of aliphatic hydroxyl groups excluding tert-OH is 1. The highest BCUT2D eigenvalue weighted by molar-refractivity contribution is 6.21. The molecule has 1 aromatic rings. The predicted octanol–water partition coefficient (Wildman–Crippen LogP) is 1.13. The zero-order chi connectivity index (χ0) is 14.8. The number of carbonyl (C=O) groups is 2. The molecule has 2 aliphatic rings. The summed E-state index contributed by atoms with van der Waals surface area (Å²) >= 11 is 0. The lowest BCUT2D eigenvalue weighted by Crippen LogP contribution is -2.38. The topological polar surface area (TPSA) is 60.9 Å². The number of amides is 2. The van der Waals surface area contributed by atoms with Crippen molar-refractivity contribution in [3.63, 3.8) is 0 Å². The van der Waals surface area contributed by atoms with Crippen molar-refractivity contribution in [2.24, 2.45) is 0 Å². The minimum absolute atomic E-state index is 0.169. The van der Waals surface area contributed by atoms with E-state index in [9.17, 15) is 14.7 Å². The molecule has 0 aliphatic carbocycles. The number of hydrogen-bond donors (Lipinski definition) is 1. The SMILES string of the molecule is O=C1c2ccccc2C(=O)N1CCCN1CCC(O)CC1. The van der Waals surface area contributed by atoms with Crippen molar-refractivity contribution in [3.8, 4) is 0 Å². The lowest BCUT2D eigenvalue weighted by molar-refractivity contribution is 0.0629. The fraction of sp³-hybridized carbons (Fsp3) is 0.500. The molecule has 1 aromatic carbocycles. The Hall–Kier alpha value is -1.72. The molecule has 3 rings (SSSR count). The maximum atomic E-state index is 12.2. The van der Waals surface area contributed by atoms with Gasteiger partial charge in [0.05, 0.1) is 17.2 Å². The van der Waals surface area contributed by atoms with Gasteiger partial charge in [0.1, 0.15) is 0 Å². The smallest absolute Gasteiger partial charge is 0.261 e. The van der Waals surface area contributed by atoms with E-state index in [1.54, 1.807) is 24.3 Å². The maximum absolute atomic E-state index is 12.2. The molecule has 5 nitrogen and oxygen atoms in total. The molecule has 2 amide bonds. The van der Waals surface area contributed by atoms with Gasteiger partial charge in [-0.25, -0.2) is 0 Å². The fourth-order valence-corrected chi connectivity index (χ4v) is 3.04. The molecule has 1 fully saturated rings. The summed E-state index contributed by atoms with van der Waals surface area (Å²) in [5, 5.41) is 9.47. The van der Waals surface area contributed by atoms with Gasteiger partial charge in [0.2, 0.25) is 0 Å². The van der Waals surface area contributed by atoms with Crippen LogP contribution < -0.4 is 0 Å². The summed E-state index contributed by atoms with van der Waals surface area (Å²) < 4.78 is 0. The van der Waals surface area contributed by atoms with Gasteiger partial charge in [0.25, 0.3) is 11.8 Å². The Morgan fingerprint density at radius 2 is 1.57 bits per heavy atom. The highest BCUT2D eigenvalue weighted by Gasteiger charge is 2.34. The summed E-state index contributed by atoms with van der Waals surface area (Å²) in [6.07, 6.45) is 2.24. The van der Waals surface area contributed by atoms with E-state index in [0.29, 0.717) is 17.7 Å². The first-order valence-electron chi connectivity index (χ1n) is 7.52. The fourth-order valence-electron chi connectivity index (χ4n) is 3.04. The van der Waals surface area contributed by atoms with E-state index >= 15 is 0 Å². The Labute approximate surface area is 124 Å². The summed E-state index contributed by atoms with van der Waals surface area (Å²) in [6, 6.07) is 6.99. The van der Waals surface area contributed by atoms with Gasteiger partial charge >= 0.3 is 0 Å². The van der Waals surface area contributed by atoms with Crippen molar-refractivity contribution >= 4 is 11.8 Å². The normalized spacial score (nSPS) is 20.1. The lowest BCUT2D eigenvalue weighted by atomic mass is 10.1. The number of fused-ring (bicyclic) bond motifs is 1. The molecular weight excluding hydrogens is 268 g/mol. The van der Waals surface area contributed by atoms with Gasteiger partial charge in [-0.15, -0.1) is 0 Å². The summed E-state index contributed by atoms with van der Waals surface area (Å²) in [5.41, 5.74) is 1.03. The van der Waals surface area contributed by atoms with Crippen molar-refractivity contribution in [1.82, 2.24) is 9.80 Å². The zero-order valence-electron chi connectivity index (χ0n) is 12.0. The molecule has 0 radical (unpaired) electrons. The second kappa shape index (κ2) is 5.95. The van der Waals surface area contributed by atoms with Crippen LogP contribution in [0.1, 0.15) is 40.0 Å². The van der Waals surface area contributed by atoms with E-state index in [2.05, 4.69) is 4.90 Å². The monoisotopic (exact) mass is 288 g/mol. The Morgan fingerprint density at radius 3 is 2.14 bits per heavy atom. The maximum Gasteiger partial charge on any atom is 0.261 e. The first-order valence-corrected chi connectivity index (χ1v) is 7.52. The second-order valence-corrected chi connectivity index (χ2v) is 5.73. The second-order valence-electron chi connectivity index (χ2n) is 5.73. The van der Waals surface area contributed by atoms with Gasteiger partial charge in [0, 0.05) is 19.6 Å². The van der Waals surface area contributed by atoms with Crippen molar-refractivity contribution in [1.29, 1.82) is 0 Å². The Morgan fingerprint density at radius 1 is 1.00 bits per heavy atom. The van der Waals surface area contributed by atoms with E-state index in [-0.39, 0.29) is 17.9 Å². The van der Waals surface area contributed by atoms with Crippen LogP contribution in [0.2, 0.25) is 0 Å². The molecule has 112 valence electrons. The van der Waals surface area contributed by atoms with Gasteiger partial charge in [-0.2, -0.15) is 0 Å². The standard InChI is InChI=1S/C16H20N2O3/c19-12-6-10-17(11-7-12)8-3-9-18-15(20)13-4-1-2-5-14(13)16(18)21/h1-2,4-5,12,19H,3,6-11H2. The Balaban J connectivity index is 1.53. The summed E-state index contributed by atoms with van der Waals surface area (Å²) in [7, 11) is 0. The van der Waals surface area contributed by atoms with Crippen LogP contribution in [0.15, 0.2) is 24.3 Å². The van der Waals surface area contributed by atoms with E-state index in [1.807, 2.05) is 0 Å². The molecule has 0 bridgehead atoms. The van der Waals surface area contributed by atoms with E-state index in [4.69, 9.17) is 0 Å². The first kappa shape index (κ1) is 14.2. The van der Waals surface area contributed by atoms with Gasteiger partial charge in [-0.05, 0) is 37.9 Å². The van der Waals surface area contributed by atoms with E-state index in [1.165, 1.54) is 4.90 Å². The third-order valence-electron chi connectivity index (χ3n) is 4.29. The minimum Gasteiger partial charge on any atom is -0.393 e. The van der Waals surface area contributed by atoms with Crippen LogP contribution in [-0.2, 0) is 0 Å². The number of nitrogens with zero attached hydrogens (tertiary/aromatic N) is 2. The number of rotatable bonds is 4. The number of piperidine rings is 1. The lowest BCUT2D eigenvalue weighted by Gasteiger charge is -2.29. The number of aliphatic hydroxyl groups is 1. The van der Waals surface area contributed by atoms with Crippen LogP contribution in [0.3, 0.4) is 0 Å². The molecular formula is C16H20N2O3. The van der Waals surface area contributed by atoms with Crippen LogP contribution in [0, 0.1) is 0 Å². The van der Waals surface area contributed by atoms with Crippen molar-refractivity contribution in [3.05, 3.63) is 35.4 Å². The van der Waals surface area contributed by atoms with Crippen LogP contribution >= 0.6 is 0 Å². The van der Waals surface area contributed by atoms with Gasteiger partial charge in [0.15, 0.2) is 0 Å². The third kappa shape index (κ3) is 2.84. The van der Waals surface area contributed by atoms with E-state index < -0.39 is 0 Å². The molecule has 1 N–H and O–H groups in total. The highest BCUT2D eigenvalue weighted by atomic mass is 16.3. The highest BCUT2D eigenvalue weighted by Crippen LogP contribution is 2.22. The van der Waals surface area contributed by atoms with Crippen LogP contribution in [-0.4, -0.2) is 59.0 Å². The van der Waals surface area contributed by atoms with Crippen LogP contribution in [0.5, 0.6) is 0 Å². The molecule has 1 saturated heterocycles. The third-order valence-corrected chi connectivity index (χ3v) is 4.29. The Kier molecular flexibility index (Phi) is 4.03. The van der Waals surface area contributed by atoms with Gasteiger partial charge in [-0.3, -0.25) is 14.5 Å². The minimum atomic E-state index is -0.176. The molecule has 0 aromatic heterocycles. The van der Waals surface area contributed by atoms with Crippen LogP contribution in [0.25, 0.3) is 0 Å². The zero-order valence-corrected chi connectivity index (χ0v) is 12.0. The Bertz CT molecular complexity index is 515. The predicted molar refractivity (Wildman–Crippen MR) is 78.1 cm³/mol. The molecule has 0 spiro atoms. The molecule has 2 aliphatic heterocycles. The number of likely N-dealkylation sites (tertiary alicyclic amines) is 1. The average Bonchev–Trinajstić information content (AvgIpc) is 2.75. The van der Waals surface area contributed by atoms with Crippen molar-refractivity contribution in [2.45, 2.75) is 25.4 Å². The van der Waals surface area contributed by atoms with Crippen molar-refractivity contribution < 1.29 is 14.7 Å². The summed E-state index contributed by atoms with van der Waals surface area (Å²) in [5.74, 6) is -0.352. The number of carbonyl (C=O) groups excluding carboxylic acids is 2.